The van der Waals surface area contributed by atoms with Crippen LogP contribution in [0.2, 0.25) is 0 Å². The van der Waals surface area contributed by atoms with E-state index in [4.69, 9.17) is 9.47 Å². The second-order valence-electron chi connectivity index (χ2n) is 7.11. The number of morpholine rings is 1. The first-order valence-corrected chi connectivity index (χ1v) is 8.09. The maximum Gasteiger partial charge on any atom is 0.338 e. The lowest BCUT2D eigenvalue weighted by Gasteiger charge is -2.26. The Morgan fingerprint density at radius 2 is 1.82 bits per heavy atom. The quantitative estimate of drug-likeness (QED) is 0.856. The first-order chi connectivity index (χ1) is 10.4. The summed E-state index contributed by atoms with van der Waals surface area (Å²) in [6.07, 6.45) is -0.0807. The zero-order valence-corrected chi connectivity index (χ0v) is 14.1. The number of benzene rings is 1. The topological polar surface area (TPSA) is 40.0 Å². The van der Waals surface area contributed by atoms with Crippen molar-refractivity contribution in [2.75, 3.05) is 32.8 Å². The van der Waals surface area contributed by atoms with Crippen molar-refractivity contribution in [2.45, 2.75) is 39.2 Å². The normalized spacial score (nSPS) is 18.0. The highest BCUT2D eigenvalue weighted by Gasteiger charge is 2.20. The van der Waals surface area contributed by atoms with E-state index in [0.717, 1.165) is 32.8 Å². The Morgan fingerprint density at radius 1 is 1.23 bits per heavy atom. The van der Waals surface area contributed by atoms with Crippen LogP contribution in [0.3, 0.4) is 0 Å². The van der Waals surface area contributed by atoms with Crippen molar-refractivity contribution in [3.8, 4) is 0 Å². The molecule has 0 radical (unpaired) electrons. The van der Waals surface area contributed by atoms with Crippen LogP contribution in [0.5, 0.6) is 0 Å². The number of rotatable bonds is 4. The zero-order valence-electron chi connectivity index (χ0n) is 14.1. The van der Waals surface area contributed by atoms with Crippen LogP contribution < -0.4 is 4.90 Å². The fraction of sp³-hybridized carbons (Fsp3) is 0.611. The summed E-state index contributed by atoms with van der Waals surface area (Å²) in [6, 6.07) is 7.73. The SMILES string of the molecule is C[C@@H](C[NH+]1CCOCC1)OC(=O)c1ccc(C(C)(C)C)cc1. The van der Waals surface area contributed by atoms with Crippen molar-refractivity contribution < 1.29 is 19.2 Å². The van der Waals surface area contributed by atoms with Crippen LogP contribution in [-0.2, 0) is 14.9 Å². The fourth-order valence-electron chi connectivity index (χ4n) is 2.67. The van der Waals surface area contributed by atoms with Gasteiger partial charge in [-0.05, 0) is 30.0 Å². The minimum Gasteiger partial charge on any atom is -0.453 e. The Morgan fingerprint density at radius 3 is 2.36 bits per heavy atom. The van der Waals surface area contributed by atoms with Crippen molar-refractivity contribution in [1.82, 2.24) is 0 Å². The standard InChI is InChI=1S/C18H27NO3/c1-14(13-19-9-11-21-12-10-19)22-17(20)15-5-7-16(8-6-15)18(2,3)4/h5-8,14H,9-13H2,1-4H3/p+1/t14-/m0/s1. The molecule has 0 saturated carbocycles. The van der Waals surface area contributed by atoms with Gasteiger partial charge in [-0.1, -0.05) is 32.9 Å². The van der Waals surface area contributed by atoms with Gasteiger partial charge in [-0.2, -0.15) is 0 Å². The molecule has 2 rings (SSSR count). The van der Waals surface area contributed by atoms with Crippen LogP contribution in [0.15, 0.2) is 24.3 Å². The van der Waals surface area contributed by atoms with Crippen LogP contribution in [0.25, 0.3) is 0 Å². The number of quaternary nitrogens is 1. The number of hydrogen-bond acceptors (Lipinski definition) is 3. The third kappa shape index (κ3) is 4.82. The Kier molecular flexibility index (Phi) is 5.59. The highest BCUT2D eigenvalue weighted by molar-refractivity contribution is 5.89. The molecule has 122 valence electrons. The second-order valence-corrected chi connectivity index (χ2v) is 7.11. The van der Waals surface area contributed by atoms with Gasteiger partial charge >= 0.3 is 5.97 Å². The Balaban J connectivity index is 1.88. The molecule has 1 saturated heterocycles. The summed E-state index contributed by atoms with van der Waals surface area (Å²) >= 11 is 0. The van der Waals surface area contributed by atoms with E-state index in [1.54, 1.807) is 0 Å². The van der Waals surface area contributed by atoms with Crippen LogP contribution in [0.4, 0.5) is 0 Å². The number of carbonyl (C=O) groups is 1. The van der Waals surface area contributed by atoms with Gasteiger partial charge in [0.05, 0.1) is 18.8 Å². The molecule has 4 nitrogen and oxygen atoms in total. The monoisotopic (exact) mass is 306 g/mol. The van der Waals surface area contributed by atoms with Crippen LogP contribution in [-0.4, -0.2) is 44.9 Å². The van der Waals surface area contributed by atoms with E-state index in [2.05, 4.69) is 20.8 Å². The minimum atomic E-state index is -0.236. The molecular weight excluding hydrogens is 278 g/mol. The predicted octanol–water partition coefficient (Wildman–Crippen LogP) is 1.44. The largest absolute Gasteiger partial charge is 0.453 e. The number of ether oxygens (including phenoxy) is 2. The summed E-state index contributed by atoms with van der Waals surface area (Å²) in [6.45, 7) is 12.9. The maximum absolute atomic E-state index is 12.2. The first kappa shape index (κ1) is 17.0. The number of esters is 1. The predicted molar refractivity (Wildman–Crippen MR) is 86.4 cm³/mol. The Labute approximate surface area is 133 Å². The molecule has 4 heteroatoms. The van der Waals surface area contributed by atoms with E-state index < -0.39 is 0 Å². The third-order valence-electron chi connectivity index (χ3n) is 4.07. The van der Waals surface area contributed by atoms with E-state index in [1.807, 2.05) is 31.2 Å². The molecule has 1 fully saturated rings. The van der Waals surface area contributed by atoms with Crippen molar-refractivity contribution in [3.05, 3.63) is 35.4 Å². The zero-order chi connectivity index (χ0) is 16.2. The lowest BCUT2D eigenvalue weighted by molar-refractivity contribution is -0.910. The lowest BCUT2D eigenvalue weighted by atomic mass is 9.87. The minimum absolute atomic E-state index is 0.0807. The van der Waals surface area contributed by atoms with Crippen molar-refractivity contribution in [2.24, 2.45) is 0 Å². The van der Waals surface area contributed by atoms with E-state index in [-0.39, 0.29) is 17.5 Å². The van der Waals surface area contributed by atoms with E-state index in [1.165, 1.54) is 10.5 Å². The summed E-state index contributed by atoms with van der Waals surface area (Å²) in [5.74, 6) is -0.236. The second kappa shape index (κ2) is 7.25. The van der Waals surface area contributed by atoms with Gasteiger partial charge in [0.25, 0.3) is 0 Å². The molecule has 1 aromatic rings. The smallest absolute Gasteiger partial charge is 0.338 e. The molecule has 0 aliphatic carbocycles. The van der Waals surface area contributed by atoms with Gasteiger partial charge in [0.2, 0.25) is 0 Å². The summed E-state index contributed by atoms with van der Waals surface area (Å²) in [7, 11) is 0. The molecule has 0 bridgehead atoms. The summed E-state index contributed by atoms with van der Waals surface area (Å²) < 4.78 is 10.9. The van der Waals surface area contributed by atoms with E-state index in [9.17, 15) is 4.79 Å². The molecule has 1 aliphatic rings. The van der Waals surface area contributed by atoms with Crippen molar-refractivity contribution in [1.29, 1.82) is 0 Å². The molecule has 1 heterocycles. The molecule has 0 aromatic heterocycles. The van der Waals surface area contributed by atoms with Crippen LogP contribution in [0, 0.1) is 0 Å². The van der Waals surface area contributed by atoms with Gasteiger partial charge < -0.3 is 14.4 Å². The summed E-state index contributed by atoms with van der Waals surface area (Å²) in [5, 5.41) is 0. The highest BCUT2D eigenvalue weighted by atomic mass is 16.5. The summed E-state index contributed by atoms with van der Waals surface area (Å²) in [4.78, 5) is 13.6. The molecule has 22 heavy (non-hydrogen) atoms. The van der Waals surface area contributed by atoms with Crippen LogP contribution >= 0.6 is 0 Å². The number of nitrogens with one attached hydrogen (secondary N) is 1. The van der Waals surface area contributed by atoms with Gasteiger partial charge in [-0.25, -0.2) is 4.79 Å². The maximum atomic E-state index is 12.2. The van der Waals surface area contributed by atoms with E-state index in [0.29, 0.717) is 5.56 Å². The van der Waals surface area contributed by atoms with Crippen molar-refractivity contribution in [3.63, 3.8) is 0 Å². The van der Waals surface area contributed by atoms with Gasteiger partial charge in [0, 0.05) is 0 Å². The van der Waals surface area contributed by atoms with Crippen molar-refractivity contribution >= 4 is 5.97 Å². The average Bonchev–Trinajstić information content (AvgIpc) is 2.47. The summed E-state index contributed by atoms with van der Waals surface area (Å²) in [5.41, 5.74) is 1.93. The fourth-order valence-corrected chi connectivity index (χ4v) is 2.67. The number of carbonyl (C=O) groups excluding carboxylic acids is 1. The van der Waals surface area contributed by atoms with Gasteiger partial charge in [0.1, 0.15) is 25.7 Å². The Hall–Kier alpha value is -1.39. The molecule has 0 unspecified atom stereocenters. The first-order valence-electron chi connectivity index (χ1n) is 8.09. The molecule has 1 aromatic carbocycles. The molecule has 1 N–H and O–H groups in total. The van der Waals surface area contributed by atoms with Gasteiger partial charge in [0.15, 0.2) is 0 Å². The third-order valence-corrected chi connectivity index (χ3v) is 4.07. The number of hydrogen-bond donors (Lipinski definition) is 1. The van der Waals surface area contributed by atoms with E-state index >= 15 is 0 Å². The van der Waals surface area contributed by atoms with Crippen LogP contribution in [0.1, 0.15) is 43.6 Å². The lowest BCUT2D eigenvalue weighted by Crippen LogP contribution is -3.15. The Bertz CT molecular complexity index is 484. The molecule has 0 amide bonds. The molecular formula is C18H28NO3+. The molecule has 0 spiro atoms. The highest BCUT2D eigenvalue weighted by Crippen LogP contribution is 2.22. The molecule has 1 atom stereocenters. The molecule has 1 aliphatic heterocycles. The van der Waals surface area contributed by atoms with Gasteiger partial charge in [-0.15, -0.1) is 0 Å². The van der Waals surface area contributed by atoms with Gasteiger partial charge in [-0.3, -0.25) is 0 Å². The average molecular weight is 306 g/mol.